The lowest BCUT2D eigenvalue weighted by molar-refractivity contribution is -0.119. The van der Waals surface area contributed by atoms with E-state index in [-0.39, 0.29) is 17.8 Å². The van der Waals surface area contributed by atoms with E-state index in [2.05, 4.69) is 15.4 Å². The van der Waals surface area contributed by atoms with Crippen molar-refractivity contribution in [2.24, 2.45) is 5.92 Å². The Balaban J connectivity index is 2.08. The number of hydrogen-bond acceptors (Lipinski definition) is 4. The molecule has 1 atom stereocenters. The molecule has 1 saturated heterocycles. The zero-order chi connectivity index (χ0) is 13.8. The molecule has 0 spiro atoms. The van der Waals surface area contributed by atoms with Gasteiger partial charge in [0, 0.05) is 12.2 Å². The molecule has 1 aromatic carbocycles. The molecule has 0 radical (unpaired) electrons. The second kappa shape index (κ2) is 5.84. The maximum Gasteiger partial charge on any atom is 0.337 e. The van der Waals surface area contributed by atoms with Crippen molar-refractivity contribution in [3.8, 4) is 0 Å². The maximum atomic E-state index is 12.0. The van der Waals surface area contributed by atoms with Crippen LogP contribution in [0.1, 0.15) is 22.3 Å². The Labute approximate surface area is 112 Å². The van der Waals surface area contributed by atoms with E-state index in [1.165, 1.54) is 7.11 Å². The van der Waals surface area contributed by atoms with Crippen LogP contribution in [0.5, 0.6) is 0 Å². The maximum absolute atomic E-state index is 12.0. The second-order valence-electron chi connectivity index (χ2n) is 4.70. The van der Waals surface area contributed by atoms with E-state index in [4.69, 9.17) is 0 Å². The van der Waals surface area contributed by atoms with Gasteiger partial charge in [-0.2, -0.15) is 0 Å². The van der Waals surface area contributed by atoms with Gasteiger partial charge >= 0.3 is 5.97 Å². The van der Waals surface area contributed by atoms with Gasteiger partial charge in [0.2, 0.25) is 5.91 Å². The number of ether oxygens (including phenoxy) is 1. The zero-order valence-corrected chi connectivity index (χ0v) is 11.2. The summed E-state index contributed by atoms with van der Waals surface area (Å²) in [5.74, 6) is -0.320. The molecule has 1 aromatic rings. The fourth-order valence-corrected chi connectivity index (χ4v) is 2.16. The van der Waals surface area contributed by atoms with Crippen LogP contribution >= 0.6 is 0 Å². The Morgan fingerprint density at radius 1 is 1.42 bits per heavy atom. The monoisotopic (exact) mass is 262 g/mol. The summed E-state index contributed by atoms with van der Waals surface area (Å²) < 4.78 is 4.66. The lowest BCUT2D eigenvalue weighted by atomic mass is 10.1. The number of aryl methyl sites for hydroxylation is 1. The molecule has 5 heteroatoms. The largest absolute Gasteiger partial charge is 0.465 e. The number of carbonyl (C=O) groups is 2. The van der Waals surface area contributed by atoms with Crippen molar-refractivity contribution >= 4 is 17.6 Å². The first-order valence-electron chi connectivity index (χ1n) is 6.32. The summed E-state index contributed by atoms with van der Waals surface area (Å²) in [6, 6.07) is 5.11. The minimum absolute atomic E-state index is 0.0268. The Hall–Kier alpha value is -1.88. The van der Waals surface area contributed by atoms with Crippen molar-refractivity contribution in [3.63, 3.8) is 0 Å². The molecule has 2 N–H and O–H groups in total. The molecular weight excluding hydrogens is 244 g/mol. The Kier molecular flexibility index (Phi) is 4.16. The molecule has 1 heterocycles. The predicted molar refractivity (Wildman–Crippen MR) is 72.1 cm³/mol. The topological polar surface area (TPSA) is 67.4 Å². The first kappa shape index (κ1) is 13.5. The van der Waals surface area contributed by atoms with Crippen molar-refractivity contribution in [2.45, 2.75) is 13.3 Å². The van der Waals surface area contributed by atoms with Crippen molar-refractivity contribution in [1.29, 1.82) is 0 Å². The molecule has 19 heavy (non-hydrogen) atoms. The van der Waals surface area contributed by atoms with E-state index in [0.29, 0.717) is 5.56 Å². The minimum Gasteiger partial charge on any atom is -0.465 e. The number of anilines is 1. The number of esters is 1. The van der Waals surface area contributed by atoms with E-state index in [0.717, 1.165) is 30.8 Å². The fraction of sp³-hybridized carbons (Fsp3) is 0.429. The highest BCUT2D eigenvalue weighted by Gasteiger charge is 2.22. The smallest absolute Gasteiger partial charge is 0.337 e. The van der Waals surface area contributed by atoms with Crippen LogP contribution in [0.25, 0.3) is 0 Å². The highest BCUT2D eigenvalue weighted by molar-refractivity contribution is 5.95. The molecule has 1 aliphatic rings. The zero-order valence-electron chi connectivity index (χ0n) is 11.2. The van der Waals surface area contributed by atoms with Gasteiger partial charge in [-0.25, -0.2) is 4.79 Å². The average Bonchev–Trinajstić information content (AvgIpc) is 2.94. The van der Waals surface area contributed by atoms with Crippen LogP contribution in [0.2, 0.25) is 0 Å². The van der Waals surface area contributed by atoms with Crippen LogP contribution in [0.3, 0.4) is 0 Å². The van der Waals surface area contributed by atoms with Crippen LogP contribution in [0.4, 0.5) is 5.69 Å². The molecule has 1 unspecified atom stereocenters. The van der Waals surface area contributed by atoms with Gasteiger partial charge in [-0.05, 0) is 43.7 Å². The summed E-state index contributed by atoms with van der Waals surface area (Å²) in [4.78, 5) is 23.4. The first-order chi connectivity index (χ1) is 9.11. The number of rotatable bonds is 3. The summed E-state index contributed by atoms with van der Waals surface area (Å²) in [6.07, 6.45) is 0.866. The minimum atomic E-state index is -0.374. The lowest BCUT2D eigenvalue weighted by Gasteiger charge is -2.12. The standard InChI is InChI=1S/C14H18N2O3/c1-9-7-10(14(18)19-2)3-4-12(9)16-13(17)11-5-6-15-8-11/h3-4,7,11,15H,5-6,8H2,1-2H3,(H,16,17). The highest BCUT2D eigenvalue weighted by atomic mass is 16.5. The Morgan fingerprint density at radius 3 is 2.79 bits per heavy atom. The van der Waals surface area contributed by atoms with Gasteiger partial charge in [-0.15, -0.1) is 0 Å². The SMILES string of the molecule is COC(=O)c1ccc(NC(=O)C2CCNC2)c(C)c1. The summed E-state index contributed by atoms with van der Waals surface area (Å²) in [5.41, 5.74) is 2.08. The average molecular weight is 262 g/mol. The van der Waals surface area contributed by atoms with Crippen molar-refractivity contribution in [3.05, 3.63) is 29.3 Å². The molecule has 0 aromatic heterocycles. The Bertz CT molecular complexity index is 493. The lowest BCUT2D eigenvalue weighted by Crippen LogP contribution is -2.25. The number of carbonyl (C=O) groups excluding carboxylic acids is 2. The van der Waals surface area contributed by atoms with Gasteiger partial charge < -0.3 is 15.4 Å². The van der Waals surface area contributed by atoms with Gasteiger partial charge in [0.1, 0.15) is 0 Å². The quantitative estimate of drug-likeness (QED) is 0.806. The number of methoxy groups -OCH3 is 1. The van der Waals surface area contributed by atoms with Crippen molar-refractivity contribution in [1.82, 2.24) is 5.32 Å². The first-order valence-corrected chi connectivity index (χ1v) is 6.32. The third-order valence-corrected chi connectivity index (χ3v) is 3.34. The van der Waals surface area contributed by atoms with Crippen molar-refractivity contribution in [2.75, 3.05) is 25.5 Å². The van der Waals surface area contributed by atoms with E-state index < -0.39 is 0 Å². The molecular formula is C14H18N2O3. The molecule has 1 amide bonds. The van der Waals surface area contributed by atoms with E-state index >= 15 is 0 Å². The molecule has 0 saturated carbocycles. The molecule has 0 bridgehead atoms. The van der Waals surface area contributed by atoms with Crippen LogP contribution < -0.4 is 10.6 Å². The molecule has 0 aliphatic carbocycles. The molecule has 102 valence electrons. The van der Waals surface area contributed by atoms with Gasteiger partial charge in [-0.1, -0.05) is 0 Å². The van der Waals surface area contributed by atoms with Crippen LogP contribution in [-0.4, -0.2) is 32.1 Å². The fourth-order valence-electron chi connectivity index (χ4n) is 2.16. The summed E-state index contributed by atoms with van der Waals surface area (Å²) in [7, 11) is 1.35. The molecule has 1 aliphatic heterocycles. The van der Waals surface area contributed by atoms with Crippen molar-refractivity contribution < 1.29 is 14.3 Å². The van der Waals surface area contributed by atoms with Crippen LogP contribution in [-0.2, 0) is 9.53 Å². The van der Waals surface area contributed by atoms with E-state index in [1.54, 1.807) is 18.2 Å². The molecule has 5 nitrogen and oxygen atoms in total. The number of amides is 1. The van der Waals surface area contributed by atoms with Gasteiger partial charge in [0.25, 0.3) is 0 Å². The number of hydrogen-bond donors (Lipinski definition) is 2. The molecule has 1 fully saturated rings. The van der Waals surface area contributed by atoms with Crippen LogP contribution in [0, 0.1) is 12.8 Å². The Morgan fingerprint density at radius 2 is 2.21 bits per heavy atom. The number of nitrogens with one attached hydrogen (secondary N) is 2. The van der Waals surface area contributed by atoms with Gasteiger partial charge in [0.05, 0.1) is 18.6 Å². The normalized spacial score (nSPS) is 18.1. The number of benzene rings is 1. The third kappa shape index (κ3) is 3.12. The summed E-state index contributed by atoms with van der Waals surface area (Å²) in [5, 5.41) is 6.07. The molecule has 2 rings (SSSR count). The second-order valence-corrected chi connectivity index (χ2v) is 4.70. The van der Waals surface area contributed by atoms with E-state index in [9.17, 15) is 9.59 Å². The van der Waals surface area contributed by atoms with E-state index in [1.807, 2.05) is 6.92 Å². The third-order valence-electron chi connectivity index (χ3n) is 3.34. The predicted octanol–water partition coefficient (Wildman–Crippen LogP) is 1.33. The highest BCUT2D eigenvalue weighted by Crippen LogP contribution is 2.19. The summed E-state index contributed by atoms with van der Waals surface area (Å²) in [6.45, 7) is 3.47. The summed E-state index contributed by atoms with van der Waals surface area (Å²) >= 11 is 0. The van der Waals surface area contributed by atoms with Gasteiger partial charge in [-0.3, -0.25) is 4.79 Å². The van der Waals surface area contributed by atoms with Gasteiger partial charge in [0.15, 0.2) is 0 Å². The van der Waals surface area contributed by atoms with Crippen LogP contribution in [0.15, 0.2) is 18.2 Å².